The van der Waals surface area contributed by atoms with Gasteiger partial charge in [-0.15, -0.1) is 11.3 Å². The van der Waals surface area contributed by atoms with Gasteiger partial charge in [-0.05, 0) is 23.6 Å². The third-order valence-electron chi connectivity index (χ3n) is 3.08. The predicted octanol–water partition coefficient (Wildman–Crippen LogP) is 3.29. The normalized spacial score (nSPS) is 12.2. The Kier molecular flexibility index (Phi) is 6.48. The second-order valence-corrected chi connectivity index (χ2v) is 5.90. The Hall–Kier alpha value is -2.22. The number of ether oxygens (including phenoxy) is 1. The SMILES string of the molecule is NC(=NCCc1cccs1)NCCOc1ccccc1C(F)(F)F. The van der Waals surface area contributed by atoms with Crippen LogP contribution in [-0.4, -0.2) is 25.7 Å². The van der Waals surface area contributed by atoms with E-state index >= 15 is 0 Å². The first-order valence-electron chi connectivity index (χ1n) is 7.32. The van der Waals surface area contributed by atoms with Crippen LogP contribution < -0.4 is 15.8 Å². The van der Waals surface area contributed by atoms with Crippen molar-refractivity contribution < 1.29 is 17.9 Å². The monoisotopic (exact) mass is 357 g/mol. The minimum atomic E-state index is -4.44. The molecule has 3 N–H and O–H groups in total. The molecule has 0 saturated carbocycles. The number of guanidine groups is 1. The third-order valence-corrected chi connectivity index (χ3v) is 4.01. The number of rotatable bonds is 7. The minimum absolute atomic E-state index is 0.0498. The lowest BCUT2D eigenvalue weighted by Gasteiger charge is -2.14. The zero-order valence-electron chi connectivity index (χ0n) is 12.8. The number of hydrogen-bond acceptors (Lipinski definition) is 3. The standard InChI is InChI=1S/C16H18F3N3OS/c17-16(18,19)13-5-1-2-6-14(13)23-10-9-22-15(20)21-8-7-12-4-3-11-24-12/h1-6,11H,7-10H2,(H3,20,21,22). The number of halogens is 3. The molecule has 2 aromatic rings. The lowest BCUT2D eigenvalue weighted by molar-refractivity contribution is -0.138. The van der Waals surface area contributed by atoms with Crippen LogP contribution in [-0.2, 0) is 12.6 Å². The molecular formula is C16H18F3N3OS. The molecule has 0 fully saturated rings. The van der Waals surface area contributed by atoms with Crippen LogP contribution in [0.25, 0.3) is 0 Å². The molecule has 0 spiro atoms. The largest absolute Gasteiger partial charge is 0.491 e. The van der Waals surface area contributed by atoms with Crippen molar-refractivity contribution in [3.05, 3.63) is 52.2 Å². The summed E-state index contributed by atoms with van der Waals surface area (Å²) in [5, 5.41) is 4.81. The Morgan fingerprint density at radius 2 is 2.00 bits per heavy atom. The second kappa shape index (κ2) is 8.58. The quantitative estimate of drug-likeness (QED) is 0.454. The molecule has 4 nitrogen and oxygen atoms in total. The number of aliphatic imine (C=N–C) groups is 1. The molecule has 2 rings (SSSR count). The van der Waals surface area contributed by atoms with Gasteiger partial charge in [-0.1, -0.05) is 18.2 Å². The van der Waals surface area contributed by atoms with Crippen molar-refractivity contribution in [1.29, 1.82) is 0 Å². The van der Waals surface area contributed by atoms with Crippen LogP contribution in [0.15, 0.2) is 46.8 Å². The molecule has 0 atom stereocenters. The molecule has 0 amide bonds. The fraction of sp³-hybridized carbons (Fsp3) is 0.312. The lowest BCUT2D eigenvalue weighted by Crippen LogP contribution is -2.35. The highest BCUT2D eigenvalue weighted by molar-refractivity contribution is 7.09. The van der Waals surface area contributed by atoms with Gasteiger partial charge >= 0.3 is 6.18 Å². The Balaban J connectivity index is 1.73. The topological polar surface area (TPSA) is 59.6 Å². The maximum absolute atomic E-state index is 12.8. The summed E-state index contributed by atoms with van der Waals surface area (Å²) >= 11 is 1.65. The molecule has 8 heteroatoms. The number of para-hydroxylation sites is 1. The molecule has 1 aromatic heterocycles. The van der Waals surface area contributed by atoms with Crippen molar-refractivity contribution in [2.45, 2.75) is 12.6 Å². The predicted molar refractivity (Wildman–Crippen MR) is 89.5 cm³/mol. The number of alkyl halides is 3. The molecule has 0 unspecified atom stereocenters. The molecule has 1 aromatic carbocycles. The van der Waals surface area contributed by atoms with Gasteiger partial charge < -0.3 is 15.8 Å². The van der Waals surface area contributed by atoms with E-state index in [1.165, 1.54) is 23.1 Å². The molecule has 130 valence electrons. The van der Waals surface area contributed by atoms with Crippen LogP contribution >= 0.6 is 11.3 Å². The zero-order valence-corrected chi connectivity index (χ0v) is 13.7. The summed E-state index contributed by atoms with van der Waals surface area (Å²) in [6.45, 7) is 0.867. The van der Waals surface area contributed by atoms with Crippen molar-refractivity contribution >= 4 is 17.3 Å². The third kappa shape index (κ3) is 5.77. The average Bonchev–Trinajstić information content (AvgIpc) is 3.04. The van der Waals surface area contributed by atoms with Gasteiger partial charge in [-0.3, -0.25) is 4.99 Å². The first-order valence-corrected chi connectivity index (χ1v) is 8.20. The molecule has 0 aliphatic carbocycles. The van der Waals surface area contributed by atoms with Gasteiger partial charge in [0.25, 0.3) is 0 Å². The first-order chi connectivity index (χ1) is 11.5. The number of nitrogens with two attached hydrogens (primary N) is 1. The Morgan fingerprint density at radius 1 is 1.21 bits per heavy atom. The van der Waals surface area contributed by atoms with Crippen molar-refractivity contribution in [2.75, 3.05) is 19.7 Å². The first kappa shape index (κ1) is 18.1. The van der Waals surface area contributed by atoms with Gasteiger partial charge in [0.1, 0.15) is 12.4 Å². The maximum Gasteiger partial charge on any atom is 0.419 e. The minimum Gasteiger partial charge on any atom is -0.491 e. The van der Waals surface area contributed by atoms with Gasteiger partial charge in [-0.2, -0.15) is 13.2 Å². The molecule has 1 heterocycles. The zero-order chi connectivity index (χ0) is 17.4. The number of thiophene rings is 1. The number of nitrogens with one attached hydrogen (secondary N) is 1. The van der Waals surface area contributed by atoms with Crippen LogP contribution in [0.5, 0.6) is 5.75 Å². The smallest absolute Gasteiger partial charge is 0.419 e. The van der Waals surface area contributed by atoms with Crippen LogP contribution in [0.1, 0.15) is 10.4 Å². The van der Waals surface area contributed by atoms with Crippen molar-refractivity contribution in [2.24, 2.45) is 10.7 Å². The van der Waals surface area contributed by atoms with Crippen LogP contribution in [0.4, 0.5) is 13.2 Å². The molecule has 24 heavy (non-hydrogen) atoms. The van der Waals surface area contributed by atoms with Crippen LogP contribution in [0, 0.1) is 0 Å². The summed E-state index contributed by atoms with van der Waals surface area (Å²) in [4.78, 5) is 5.38. The molecular weight excluding hydrogens is 339 g/mol. The van der Waals surface area contributed by atoms with E-state index in [2.05, 4.69) is 10.3 Å². The summed E-state index contributed by atoms with van der Waals surface area (Å²) < 4.78 is 43.6. The van der Waals surface area contributed by atoms with E-state index in [4.69, 9.17) is 10.5 Å². The van der Waals surface area contributed by atoms with E-state index in [0.29, 0.717) is 6.54 Å². The van der Waals surface area contributed by atoms with E-state index in [1.807, 2.05) is 17.5 Å². The Morgan fingerprint density at radius 3 is 2.71 bits per heavy atom. The number of hydrogen-bond donors (Lipinski definition) is 2. The highest BCUT2D eigenvalue weighted by Crippen LogP contribution is 2.35. The lowest BCUT2D eigenvalue weighted by atomic mass is 10.2. The van der Waals surface area contributed by atoms with Crippen LogP contribution in [0.2, 0.25) is 0 Å². The molecule has 0 saturated heterocycles. The van der Waals surface area contributed by atoms with Gasteiger partial charge in [0.05, 0.1) is 12.1 Å². The van der Waals surface area contributed by atoms with Crippen molar-refractivity contribution in [1.82, 2.24) is 5.32 Å². The average molecular weight is 357 g/mol. The summed E-state index contributed by atoms with van der Waals surface area (Å²) in [7, 11) is 0. The Labute approximate surface area is 142 Å². The van der Waals surface area contributed by atoms with Gasteiger partial charge in [-0.25, -0.2) is 0 Å². The molecule has 0 aliphatic heterocycles. The number of nitrogens with zero attached hydrogens (tertiary/aromatic N) is 1. The van der Waals surface area contributed by atoms with E-state index in [0.717, 1.165) is 12.5 Å². The van der Waals surface area contributed by atoms with E-state index in [-0.39, 0.29) is 24.9 Å². The highest BCUT2D eigenvalue weighted by atomic mass is 32.1. The Bertz CT molecular complexity index is 657. The van der Waals surface area contributed by atoms with Gasteiger partial charge in [0.15, 0.2) is 5.96 Å². The molecule has 0 aliphatic rings. The highest BCUT2D eigenvalue weighted by Gasteiger charge is 2.33. The van der Waals surface area contributed by atoms with Crippen molar-refractivity contribution in [3.8, 4) is 5.75 Å². The number of benzene rings is 1. The fourth-order valence-electron chi connectivity index (χ4n) is 1.96. The molecule has 0 bridgehead atoms. The maximum atomic E-state index is 12.8. The summed E-state index contributed by atoms with van der Waals surface area (Å²) in [5.41, 5.74) is 4.91. The van der Waals surface area contributed by atoms with E-state index in [1.54, 1.807) is 11.3 Å². The molecule has 0 radical (unpaired) electrons. The van der Waals surface area contributed by atoms with Crippen LogP contribution in [0.3, 0.4) is 0 Å². The summed E-state index contributed by atoms with van der Waals surface area (Å²) in [6, 6.07) is 9.10. The van der Waals surface area contributed by atoms with E-state index < -0.39 is 11.7 Å². The van der Waals surface area contributed by atoms with Gasteiger partial charge in [0.2, 0.25) is 0 Å². The fourth-order valence-corrected chi connectivity index (χ4v) is 2.66. The van der Waals surface area contributed by atoms with Gasteiger partial charge in [0, 0.05) is 17.8 Å². The van der Waals surface area contributed by atoms with E-state index in [9.17, 15) is 13.2 Å². The second-order valence-electron chi connectivity index (χ2n) is 4.87. The van der Waals surface area contributed by atoms with Crippen molar-refractivity contribution in [3.63, 3.8) is 0 Å². The summed E-state index contributed by atoms with van der Waals surface area (Å²) in [5.74, 6) is 0.0549. The summed E-state index contributed by atoms with van der Waals surface area (Å²) in [6.07, 6.45) is -3.64.